The molecule has 3 aromatic rings. The number of hydrogen-bond acceptors (Lipinski definition) is 2. The van der Waals surface area contributed by atoms with Gasteiger partial charge in [0.2, 0.25) is 0 Å². The van der Waals surface area contributed by atoms with Crippen LogP contribution in [-0.2, 0) is 6.54 Å². The van der Waals surface area contributed by atoms with Crippen molar-refractivity contribution < 1.29 is 4.79 Å². The van der Waals surface area contributed by atoms with Crippen molar-refractivity contribution in [3.8, 4) is 11.3 Å². The number of nitrogen functional groups attached to an aromatic ring is 1. The average Bonchev–Trinajstić information content (AvgIpc) is 2.85. The van der Waals surface area contributed by atoms with E-state index in [1.165, 1.54) is 0 Å². The number of carbonyl (C=O) groups excluding carboxylic acids is 1. The van der Waals surface area contributed by atoms with Crippen molar-refractivity contribution in [2.45, 2.75) is 20.4 Å². The van der Waals surface area contributed by atoms with Gasteiger partial charge in [-0.2, -0.15) is 0 Å². The first-order chi connectivity index (χ1) is 11.1. The van der Waals surface area contributed by atoms with Crippen LogP contribution in [0.15, 0.2) is 60.7 Å². The first kappa shape index (κ1) is 15.1. The number of hydrogen-bond donors (Lipinski definition) is 1. The molecule has 1 heterocycles. The van der Waals surface area contributed by atoms with Crippen molar-refractivity contribution in [2.75, 3.05) is 5.73 Å². The molecule has 3 rings (SSSR count). The molecule has 0 aliphatic heterocycles. The zero-order valence-electron chi connectivity index (χ0n) is 13.4. The summed E-state index contributed by atoms with van der Waals surface area (Å²) in [4.78, 5) is 12.9. The number of carbonyl (C=O) groups is 1. The summed E-state index contributed by atoms with van der Waals surface area (Å²) in [5.41, 5.74) is 11.1. The highest BCUT2D eigenvalue weighted by Gasteiger charge is 2.24. The van der Waals surface area contributed by atoms with Gasteiger partial charge in [0.15, 0.2) is 5.78 Å². The van der Waals surface area contributed by atoms with Crippen molar-refractivity contribution in [2.24, 2.45) is 0 Å². The van der Waals surface area contributed by atoms with E-state index in [0.29, 0.717) is 16.8 Å². The number of nitrogens with zero attached hydrogens (tertiary/aromatic N) is 1. The number of nitrogens with two attached hydrogens (primary N) is 1. The Balaban J connectivity index is 2.20. The van der Waals surface area contributed by atoms with Gasteiger partial charge in [0, 0.05) is 23.4 Å². The third-order valence-corrected chi connectivity index (χ3v) is 4.19. The minimum Gasteiger partial charge on any atom is -0.396 e. The van der Waals surface area contributed by atoms with Crippen LogP contribution < -0.4 is 5.73 Å². The fourth-order valence-electron chi connectivity index (χ4n) is 3.08. The molecule has 2 aromatic carbocycles. The van der Waals surface area contributed by atoms with Gasteiger partial charge >= 0.3 is 0 Å². The predicted octanol–water partition coefficient (Wildman–Crippen LogP) is 4.30. The first-order valence-corrected chi connectivity index (χ1v) is 7.78. The molecule has 116 valence electrons. The Hall–Kier alpha value is -2.81. The van der Waals surface area contributed by atoms with E-state index < -0.39 is 0 Å². The summed E-state index contributed by atoms with van der Waals surface area (Å²) in [7, 11) is 0. The molecule has 0 radical (unpaired) electrons. The zero-order valence-corrected chi connectivity index (χ0v) is 13.4. The Morgan fingerprint density at radius 1 is 1.00 bits per heavy atom. The van der Waals surface area contributed by atoms with Gasteiger partial charge < -0.3 is 10.3 Å². The molecule has 0 fully saturated rings. The lowest BCUT2D eigenvalue weighted by Crippen LogP contribution is -2.06. The molecule has 3 heteroatoms. The minimum atomic E-state index is -0.0232. The second kappa shape index (κ2) is 6.13. The van der Waals surface area contributed by atoms with Crippen molar-refractivity contribution in [1.82, 2.24) is 4.57 Å². The van der Waals surface area contributed by atoms with Gasteiger partial charge in [-0.05, 0) is 13.8 Å². The molecule has 0 spiro atoms. The number of rotatable bonds is 4. The molecule has 3 nitrogen and oxygen atoms in total. The largest absolute Gasteiger partial charge is 0.396 e. The Bertz CT molecular complexity index is 833. The maximum Gasteiger partial charge on any atom is 0.196 e. The molecule has 0 aliphatic rings. The molecule has 1 aromatic heterocycles. The number of benzene rings is 2. The average molecular weight is 304 g/mol. The van der Waals surface area contributed by atoms with Crippen molar-refractivity contribution in [3.63, 3.8) is 0 Å². The third kappa shape index (κ3) is 2.55. The maximum absolute atomic E-state index is 12.9. The lowest BCUT2D eigenvalue weighted by molar-refractivity contribution is 0.103. The monoisotopic (exact) mass is 304 g/mol. The SMILES string of the molecule is CCn1c(C)c(C(=O)c2ccccc2)c(N)c1-c1ccccc1. The van der Waals surface area contributed by atoms with E-state index >= 15 is 0 Å². The normalized spacial score (nSPS) is 10.7. The molecule has 0 bridgehead atoms. The van der Waals surface area contributed by atoms with Crippen LogP contribution in [0.3, 0.4) is 0 Å². The second-order valence-corrected chi connectivity index (χ2v) is 5.53. The summed E-state index contributed by atoms with van der Waals surface area (Å²) in [6.45, 7) is 4.79. The van der Waals surface area contributed by atoms with E-state index in [0.717, 1.165) is 23.5 Å². The maximum atomic E-state index is 12.9. The van der Waals surface area contributed by atoms with Crippen LogP contribution in [0.25, 0.3) is 11.3 Å². The molecule has 0 unspecified atom stereocenters. The zero-order chi connectivity index (χ0) is 16.4. The first-order valence-electron chi connectivity index (χ1n) is 7.78. The molecule has 0 atom stereocenters. The van der Waals surface area contributed by atoms with Crippen LogP contribution in [0, 0.1) is 6.92 Å². The van der Waals surface area contributed by atoms with E-state index in [1.54, 1.807) is 0 Å². The van der Waals surface area contributed by atoms with Gasteiger partial charge in [-0.25, -0.2) is 0 Å². The Morgan fingerprint density at radius 2 is 1.57 bits per heavy atom. The lowest BCUT2D eigenvalue weighted by Gasteiger charge is -2.09. The van der Waals surface area contributed by atoms with Gasteiger partial charge in [0.25, 0.3) is 0 Å². The topological polar surface area (TPSA) is 48.0 Å². The second-order valence-electron chi connectivity index (χ2n) is 5.53. The molecule has 0 aliphatic carbocycles. The van der Waals surface area contributed by atoms with E-state index in [9.17, 15) is 4.79 Å². The van der Waals surface area contributed by atoms with E-state index in [-0.39, 0.29) is 5.78 Å². The third-order valence-electron chi connectivity index (χ3n) is 4.19. The molecule has 23 heavy (non-hydrogen) atoms. The standard InChI is InChI=1S/C20H20N2O/c1-3-22-14(2)17(20(23)16-12-8-5-9-13-16)18(21)19(22)15-10-6-4-7-11-15/h4-13H,3,21H2,1-2H3. The molecule has 2 N–H and O–H groups in total. The molecular formula is C20H20N2O. The van der Waals surface area contributed by atoms with Gasteiger partial charge in [-0.1, -0.05) is 60.7 Å². The molecule has 0 saturated heterocycles. The van der Waals surface area contributed by atoms with Crippen molar-refractivity contribution >= 4 is 11.5 Å². The molecule has 0 saturated carbocycles. The summed E-state index contributed by atoms with van der Waals surface area (Å²) in [5, 5.41) is 0. The predicted molar refractivity (Wildman–Crippen MR) is 94.6 cm³/mol. The van der Waals surface area contributed by atoms with Gasteiger partial charge in [0.05, 0.1) is 16.9 Å². The minimum absolute atomic E-state index is 0.0232. The Labute approximate surface area is 136 Å². The summed E-state index contributed by atoms with van der Waals surface area (Å²) in [5.74, 6) is -0.0232. The van der Waals surface area contributed by atoms with Crippen LogP contribution in [0.1, 0.15) is 28.5 Å². The number of anilines is 1. The number of ketones is 1. The number of aromatic nitrogens is 1. The smallest absolute Gasteiger partial charge is 0.196 e. The van der Waals surface area contributed by atoms with Gasteiger partial charge in [0.1, 0.15) is 0 Å². The van der Waals surface area contributed by atoms with Crippen LogP contribution in [-0.4, -0.2) is 10.4 Å². The Kier molecular flexibility index (Phi) is 4.02. The van der Waals surface area contributed by atoms with Crippen molar-refractivity contribution in [3.05, 3.63) is 77.5 Å². The summed E-state index contributed by atoms with van der Waals surface area (Å²) in [6, 6.07) is 19.3. The van der Waals surface area contributed by atoms with E-state index in [1.807, 2.05) is 67.6 Å². The highest BCUT2D eigenvalue weighted by Crippen LogP contribution is 2.35. The summed E-state index contributed by atoms with van der Waals surface area (Å²) >= 11 is 0. The summed E-state index contributed by atoms with van der Waals surface area (Å²) in [6.07, 6.45) is 0. The van der Waals surface area contributed by atoms with E-state index in [4.69, 9.17) is 5.73 Å². The van der Waals surface area contributed by atoms with Gasteiger partial charge in [-0.15, -0.1) is 0 Å². The Morgan fingerprint density at radius 3 is 2.13 bits per heavy atom. The van der Waals surface area contributed by atoms with Crippen LogP contribution in [0.5, 0.6) is 0 Å². The quantitative estimate of drug-likeness (QED) is 0.731. The van der Waals surface area contributed by atoms with Crippen molar-refractivity contribution in [1.29, 1.82) is 0 Å². The molecule has 0 amide bonds. The fraction of sp³-hybridized carbons (Fsp3) is 0.150. The summed E-state index contributed by atoms with van der Waals surface area (Å²) < 4.78 is 2.11. The van der Waals surface area contributed by atoms with Gasteiger partial charge in [-0.3, -0.25) is 4.79 Å². The van der Waals surface area contributed by atoms with Crippen LogP contribution >= 0.6 is 0 Å². The fourth-order valence-corrected chi connectivity index (χ4v) is 3.08. The van der Waals surface area contributed by atoms with Crippen LogP contribution in [0.2, 0.25) is 0 Å². The highest BCUT2D eigenvalue weighted by atomic mass is 16.1. The van der Waals surface area contributed by atoms with E-state index in [2.05, 4.69) is 11.5 Å². The van der Waals surface area contributed by atoms with Crippen LogP contribution in [0.4, 0.5) is 5.69 Å². The molecular weight excluding hydrogens is 284 g/mol. The highest BCUT2D eigenvalue weighted by molar-refractivity contribution is 6.14. The lowest BCUT2D eigenvalue weighted by atomic mass is 10.0.